The van der Waals surface area contributed by atoms with Gasteiger partial charge in [-0.1, -0.05) is 51.1 Å². The van der Waals surface area contributed by atoms with Gasteiger partial charge in [-0.3, -0.25) is 0 Å². The molecule has 0 fully saturated rings. The summed E-state index contributed by atoms with van der Waals surface area (Å²) in [6.45, 7) is 10.2. The summed E-state index contributed by atoms with van der Waals surface area (Å²) in [4.78, 5) is 2.48. The Morgan fingerprint density at radius 3 is 2.05 bits per heavy atom. The fraction of sp³-hybridized carbons (Fsp3) is 0.400. The van der Waals surface area contributed by atoms with Crippen molar-refractivity contribution >= 4 is 0 Å². The molecule has 2 aromatic carbocycles. The van der Waals surface area contributed by atoms with Gasteiger partial charge in [-0.15, -0.1) is 0 Å². The number of hydrogen-bond donors (Lipinski definition) is 0. The van der Waals surface area contributed by atoms with Crippen LogP contribution in [0.4, 0.5) is 0 Å². The highest BCUT2D eigenvalue weighted by molar-refractivity contribution is 5.33. The van der Waals surface area contributed by atoms with Crippen molar-refractivity contribution in [3.8, 4) is 11.5 Å². The van der Waals surface area contributed by atoms with Crippen molar-refractivity contribution in [3.63, 3.8) is 0 Å². The van der Waals surface area contributed by atoms with Gasteiger partial charge in [-0.2, -0.15) is 0 Å². The molecule has 2 nitrogen and oxygen atoms in total. The summed E-state index contributed by atoms with van der Waals surface area (Å²) in [6, 6.07) is 18.4. The number of para-hydroxylation sites is 1. The molecule has 2 heteroatoms. The van der Waals surface area contributed by atoms with Crippen LogP contribution in [0.1, 0.15) is 38.7 Å². The minimum Gasteiger partial charge on any atom is -0.457 e. The molecule has 0 aliphatic heterocycles. The maximum atomic E-state index is 5.84. The number of ether oxygens (including phenoxy) is 1. The highest BCUT2D eigenvalue weighted by Gasteiger charge is 2.08. The van der Waals surface area contributed by atoms with E-state index in [0.717, 1.165) is 31.1 Å². The zero-order valence-corrected chi connectivity index (χ0v) is 14.0. The van der Waals surface area contributed by atoms with E-state index in [2.05, 4.69) is 49.9 Å². The SMILES string of the molecule is CCN(CC)CCC(C)c1ccc(Oc2ccccc2)cc1. The molecule has 0 aromatic heterocycles. The van der Waals surface area contributed by atoms with E-state index in [-0.39, 0.29) is 0 Å². The second-order valence-electron chi connectivity index (χ2n) is 5.70. The standard InChI is InChI=1S/C20H27NO/c1-4-21(5-2)16-15-17(3)18-11-13-20(14-12-18)22-19-9-7-6-8-10-19/h6-14,17H,4-5,15-16H2,1-3H3. The Kier molecular flexibility index (Phi) is 6.47. The van der Waals surface area contributed by atoms with Gasteiger partial charge in [0, 0.05) is 0 Å². The van der Waals surface area contributed by atoms with Gasteiger partial charge in [0.15, 0.2) is 0 Å². The van der Waals surface area contributed by atoms with Gasteiger partial charge in [0.1, 0.15) is 11.5 Å². The molecular formula is C20H27NO. The molecule has 0 aliphatic rings. The van der Waals surface area contributed by atoms with Gasteiger partial charge in [0.25, 0.3) is 0 Å². The van der Waals surface area contributed by atoms with Gasteiger partial charge in [0.2, 0.25) is 0 Å². The van der Waals surface area contributed by atoms with E-state index in [1.807, 2.05) is 30.3 Å². The zero-order chi connectivity index (χ0) is 15.8. The Morgan fingerprint density at radius 1 is 0.864 bits per heavy atom. The van der Waals surface area contributed by atoms with Crippen molar-refractivity contribution in [2.24, 2.45) is 0 Å². The minimum atomic E-state index is 0.575. The van der Waals surface area contributed by atoms with Crippen molar-refractivity contribution in [3.05, 3.63) is 60.2 Å². The summed E-state index contributed by atoms with van der Waals surface area (Å²) in [6.07, 6.45) is 1.20. The van der Waals surface area contributed by atoms with Crippen molar-refractivity contribution in [2.75, 3.05) is 19.6 Å². The molecular weight excluding hydrogens is 270 g/mol. The second kappa shape index (κ2) is 8.60. The zero-order valence-electron chi connectivity index (χ0n) is 14.0. The molecule has 1 unspecified atom stereocenters. The Hall–Kier alpha value is -1.80. The molecule has 0 saturated carbocycles. The van der Waals surface area contributed by atoms with Crippen LogP contribution in [0.3, 0.4) is 0 Å². The highest BCUT2D eigenvalue weighted by Crippen LogP contribution is 2.25. The van der Waals surface area contributed by atoms with E-state index >= 15 is 0 Å². The molecule has 2 rings (SSSR count). The number of benzene rings is 2. The fourth-order valence-corrected chi connectivity index (χ4v) is 2.57. The maximum Gasteiger partial charge on any atom is 0.127 e. The van der Waals surface area contributed by atoms with E-state index in [1.165, 1.54) is 12.0 Å². The lowest BCUT2D eigenvalue weighted by Gasteiger charge is -2.20. The Bertz CT molecular complexity index is 531. The quantitative estimate of drug-likeness (QED) is 0.654. The first-order valence-electron chi connectivity index (χ1n) is 8.28. The summed E-state index contributed by atoms with van der Waals surface area (Å²) in [7, 11) is 0. The lowest BCUT2D eigenvalue weighted by molar-refractivity contribution is 0.292. The van der Waals surface area contributed by atoms with E-state index < -0.39 is 0 Å². The summed E-state index contributed by atoms with van der Waals surface area (Å²) in [5.41, 5.74) is 1.38. The van der Waals surface area contributed by atoms with Crippen LogP contribution in [0.2, 0.25) is 0 Å². The predicted octanol–water partition coefficient (Wildman–Crippen LogP) is 5.31. The van der Waals surface area contributed by atoms with Gasteiger partial charge >= 0.3 is 0 Å². The predicted molar refractivity (Wildman–Crippen MR) is 93.8 cm³/mol. The average molecular weight is 297 g/mol. The average Bonchev–Trinajstić information content (AvgIpc) is 2.57. The first-order chi connectivity index (χ1) is 10.7. The number of hydrogen-bond acceptors (Lipinski definition) is 2. The second-order valence-corrected chi connectivity index (χ2v) is 5.70. The molecule has 0 N–H and O–H groups in total. The molecule has 1 atom stereocenters. The Balaban J connectivity index is 1.90. The molecule has 0 heterocycles. The van der Waals surface area contributed by atoms with Crippen molar-refractivity contribution in [1.29, 1.82) is 0 Å². The van der Waals surface area contributed by atoms with Crippen LogP contribution in [-0.4, -0.2) is 24.5 Å². The Morgan fingerprint density at radius 2 is 1.45 bits per heavy atom. The van der Waals surface area contributed by atoms with Crippen LogP contribution in [-0.2, 0) is 0 Å². The molecule has 22 heavy (non-hydrogen) atoms. The third-order valence-electron chi connectivity index (χ3n) is 4.20. The topological polar surface area (TPSA) is 12.5 Å². The largest absolute Gasteiger partial charge is 0.457 e. The first kappa shape index (κ1) is 16.6. The Labute approximate surface area is 134 Å². The molecule has 0 saturated heterocycles. The van der Waals surface area contributed by atoms with Crippen molar-refractivity contribution in [1.82, 2.24) is 4.90 Å². The van der Waals surface area contributed by atoms with Crippen LogP contribution >= 0.6 is 0 Å². The number of rotatable bonds is 8. The van der Waals surface area contributed by atoms with Gasteiger partial charge < -0.3 is 9.64 Å². The lowest BCUT2D eigenvalue weighted by atomic mass is 9.97. The molecule has 0 amide bonds. The van der Waals surface area contributed by atoms with E-state index in [0.29, 0.717) is 5.92 Å². The minimum absolute atomic E-state index is 0.575. The third kappa shape index (κ3) is 4.88. The highest BCUT2D eigenvalue weighted by atomic mass is 16.5. The van der Waals surface area contributed by atoms with Crippen molar-refractivity contribution < 1.29 is 4.74 Å². The summed E-state index contributed by atoms with van der Waals surface area (Å²) < 4.78 is 5.84. The molecule has 0 radical (unpaired) electrons. The van der Waals surface area contributed by atoms with Gasteiger partial charge in [-0.25, -0.2) is 0 Å². The fourth-order valence-electron chi connectivity index (χ4n) is 2.57. The monoisotopic (exact) mass is 297 g/mol. The maximum absolute atomic E-state index is 5.84. The molecule has 2 aromatic rings. The third-order valence-corrected chi connectivity index (χ3v) is 4.20. The van der Waals surface area contributed by atoms with Crippen LogP contribution in [0.25, 0.3) is 0 Å². The normalized spacial score (nSPS) is 12.4. The van der Waals surface area contributed by atoms with Crippen LogP contribution in [0.15, 0.2) is 54.6 Å². The van der Waals surface area contributed by atoms with Crippen LogP contribution in [0.5, 0.6) is 11.5 Å². The lowest BCUT2D eigenvalue weighted by Crippen LogP contribution is -2.24. The molecule has 0 spiro atoms. The smallest absolute Gasteiger partial charge is 0.127 e. The van der Waals surface area contributed by atoms with Crippen LogP contribution in [0, 0.1) is 0 Å². The van der Waals surface area contributed by atoms with Crippen LogP contribution < -0.4 is 4.74 Å². The van der Waals surface area contributed by atoms with Gasteiger partial charge in [0.05, 0.1) is 0 Å². The van der Waals surface area contributed by atoms with Gasteiger partial charge in [-0.05, 0) is 61.8 Å². The first-order valence-corrected chi connectivity index (χ1v) is 8.28. The summed E-state index contributed by atoms with van der Waals surface area (Å²) in [5.74, 6) is 2.35. The number of nitrogens with zero attached hydrogens (tertiary/aromatic N) is 1. The van der Waals surface area contributed by atoms with E-state index in [9.17, 15) is 0 Å². The molecule has 0 bridgehead atoms. The summed E-state index contributed by atoms with van der Waals surface area (Å²) >= 11 is 0. The van der Waals surface area contributed by atoms with E-state index in [4.69, 9.17) is 4.74 Å². The molecule has 0 aliphatic carbocycles. The van der Waals surface area contributed by atoms with Crippen molar-refractivity contribution in [2.45, 2.75) is 33.1 Å². The summed E-state index contributed by atoms with van der Waals surface area (Å²) in [5, 5.41) is 0. The molecule has 118 valence electrons. The van der Waals surface area contributed by atoms with E-state index in [1.54, 1.807) is 0 Å².